The van der Waals surface area contributed by atoms with E-state index in [-0.39, 0.29) is 17.1 Å². The molecule has 2 heterocycles. The number of allylic oxidation sites excluding steroid dienone is 4. The highest BCUT2D eigenvalue weighted by Gasteiger charge is 2.16. The highest BCUT2D eigenvalue weighted by atomic mass is 32.1. The molecule has 0 saturated heterocycles. The molecule has 0 radical (unpaired) electrons. The molecule has 2 N–H and O–H groups in total. The van der Waals surface area contributed by atoms with Crippen LogP contribution < -0.4 is 11.3 Å². The first kappa shape index (κ1) is 15.3. The average molecular weight is 351 g/mol. The topological polar surface area (TPSA) is 86.7 Å². The van der Waals surface area contributed by atoms with E-state index in [9.17, 15) is 9.59 Å². The minimum atomic E-state index is -0.408. The highest BCUT2D eigenvalue weighted by Crippen LogP contribution is 2.28. The van der Waals surface area contributed by atoms with E-state index < -0.39 is 5.56 Å². The lowest BCUT2D eigenvalue weighted by molar-refractivity contribution is -0.114. The standard InChI is InChI=1S/C18H13N3O3S/c1-24-14-9-10(6-7-13(14)22)8-11-16(19)21-12-4-2-3-5-15(12)25-18(21)20-17(11)23/h2-9H,19H2,1H3/b10-8-. The Morgan fingerprint density at radius 3 is 2.84 bits per heavy atom. The fourth-order valence-corrected chi connectivity index (χ4v) is 3.76. The van der Waals surface area contributed by atoms with E-state index in [1.165, 1.54) is 24.5 Å². The van der Waals surface area contributed by atoms with Crippen LogP contribution >= 0.6 is 11.3 Å². The number of methoxy groups -OCH3 is 1. The van der Waals surface area contributed by atoms with Crippen molar-refractivity contribution in [3.8, 4) is 0 Å². The van der Waals surface area contributed by atoms with Gasteiger partial charge in [0.1, 0.15) is 5.82 Å². The molecule has 6 nitrogen and oxygen atoms in total. The smallest absolute Gasteiger partial charge is 0.283 e. The molecule has 1 aliphatic carbocycles. The summed E-state index contributed by atoms with van der Waals surface area (Å²) in [6.45, 7) is 0. The van der Waals surface area contributed by atoms with Gasteiger partial charge in [-0.15, -0.1) is 0 Å². The number of para-hydroxylation sites is 1. The Kier molecular flexibility index (Phi) is 3.51. The third-order valence-electron chi connectivity index (χ3n) is 3.94. The quantitative estimate of drug-likeness (QED) is 0.767. The summed E-state index contributed by atoms with van der Waals surface area (Å²) in [4.78, 5) is 28.8. The first-order valence-corrected chi connectivity index (χ1v) is 8.29. The van der Waals surface area contributed by atoms with Gasteiger partial charge in [-0.25, -0.2) is 0 Å². The molecule has 25 heavy (non-hydrogen) atoms. The molecule has 0 fully saturated rings. The number of rotatable bonds is 2. The van der Waals surface area contributed by atoms with Gasteiger partial charge in [0.25, 0.3) is 5.56 Å². The molecule has 3 aromatic rings. The Balaban J connectivity index is 1.97. The molecule has 124 valence electrons. The summed E-state index contributed by atoms with van der Waals surface area (Å²) in [5.41, 5.74) is 7.69. The molecular formula is C18H13N3O3S. The van der Waals surface area contributed by atoms with Gasteiger partial charge in [0.2, 0.25) is 5.78 Å². The Morgan fingerprint density at radius 1 is 1.24 bits per heavy atom. The number of benzene rings is 1. The summed E-state index contributed by atoms with van der Waals surface area (Å²) in [5.74, 6) is 0.307. The molecule has 0 bridgehead atoms. The molecular weight excluding hydrogens is 338 g/mol. The van der Waals surface area contributed by atoms with Crippen LogP contribution in [0.3, 0.4) is 0 Å². The molecule has 0 atom stereocenters. The van der Waals surface area contributed by atoms with Crippen molar-refractivity contribution in [1.82, 2.24) is 9.38 Å². The molecule has 1 aliphatic rings. The Hall–Kier alpha value is -3.19. The van der Waals surface area contributed by atoms with E-state index in [1.54, 1.807) is 22.6 Å². The number of carbonyl (C=O) groups is 1. The van der Waals surface area contributed by atoms with Crippen molar-refractivity contribution < 1.29 is 9.53 Å². The third-order valence-corrected chi connectivity index (χ3v) is 4.96. The summed E-state index contributed by atoms with van der Waals surface area (Å²) >= 11 is 1.41. The Morgan fingerprint density at radius 2 is 2.04 bits per heavy atom. The van der Waals surface area contributed by atoms with E-state index in [0.29, 0.717) is 16.4 Å². The van der Waals surface area contributed by atoms with E-state index in [0.717, 1.165) is 10.2 Å². The second-order valence-corrected chi connectivity index (χ2v) is 6.47. The van der Waals surface area contributed by atoms with E-state index in [2.05, 4.69) is 4.98 Å². The van der Waals surface area contributed by atoms with Crippen molar-refractivity contribution in [3.63, 3.8) is 0 Å². The lowest BCUT2D eigenvalue weighted by Gasteiger charge is -2.09. The van der Waals surface area contributed by atoms with Gasteiger partial charge in [0.05, 0.1) is 22.9 Å². The summed E-state index contributed by atoms with van der Waals surface area (Å²) in [6, 6.07) is 7.73. The zero-order valence-electron chi connectivity index (χ0n) is 13.2. The number of carbonyl (C=O) groups excluding carboxylic acids is 1. The van der Waals surface area contributed by atoms with Gasteiger partial charge < -0.3 is 10.5 Å². The summed E-state index contributed by atoms with van der Waals surface area (Å²) < 4.78 is 7.80. The van der Waals surface area contributed by atoms with Crippen LogP contribution in [-0.4, -0.2) is 22.3 Å². The maximum absolute atomic E-state index is 12.4. The van der Waals surface area contributed by atoms with Crippen LogP contribution in [0.4, 0.5) is 5.82 Å². The van der Waals surface area contributed by atoms with Gasteiger partial charge >= 0.3 is 0 Å². The summed E-state index contributed by atoms with van der Waals surface area (Å²) in [5, 5.41) is 0. The molecule has 2 aromatic heterocycles. The predicted molar refractivity (Wildman–Crippen MR) is 98.5 cm³/mol. The predicted octanol–water partition coefficient (Wildman–Crippen LogP) is 2.54. The van der Waals surface area contributed by atoms with Gasteiger partial charge in [-0.1, -0.05) is 29.5 Å². The van der Waals surface area contributed by atoms with E-state index >= 15 is 0 Å². The number of nitrogens with zero attached hydrogens (tertiary/aromatic N) is 2. The van der Waals surface area contributed by atoms with Gasteiger partial charge in [-0.3, -0.25) is 14.0 Å². The lowest BCUT2D eigenvalue weighted by Crippen LogP contribution is -2.16. The van der Waals surface area contributed by atoms with Crippen molar-refractivity contribution in [1.29, 1.82) is 0 Å². The molecule has 0 saturated carbocycles. The number of aromatic nitrogens is 2. The molecule has 7 heteroatoms. The van der Waals surface area contributed by atoms with Crippen LogP contribution in [-0.2, 0) is 9.53 Å². The minimum absolute atomic E-state index is 0.211. The molecule has 0 amide bonds. The zero-order chi connectivity index (χ0) is 17.6. The van der Waals surface area contributed by atoms with Crippen LogP contribution in [0.5, 0.6) is 0 Å². The number of nitrogen functional groups attached to an aromatic ring is 1. The minimum Gasteiger partial charge on any atom is -0.493 e. The van der Waals surface area contributed by atoms with Crippen LogP contribution in [0.15, 0.2) is 58.6 Å². The third kappa shape index (κ3) is 2.45. The maximum atomic E-state index is 12.4. The van der Waals surface area contributed by atoms with Crippen LogP contribution in [0, 0.1) is 0 Å². The molecule has 0 unspecified atom stereocenters. The fourth-order valence-electron chi connectivity index (χ4n) is 2.73. The SMILES string of the molecule is COC1=C/C(=C\c2c(N)n3c(nc2=O)sc2ccccc23)C=CC1=O. The maximum Gasteiger partial charge on any atom is 0.283 e. The normalized spacial score (nSPS) is 16.0. The van der Waals surface area contributed by atoms with Gasteiger partial charge in [-0.05, 0) is 35.9 Å². The molecule has 0 aliphatic heterocycles. The fraction of sp³-hybridized carbons (Fsp3) is 0.0556. The van der Waals surface area contributed by atoms with Crippen molar-refractivity contribution in [2.45, 2.75) is 0 Å². The Labute approximate surface area is 146 Å². The first-order chi connectivity index (χ1) is 12.1. The van der Waals surface area contributed by atoms with Crippen LogP contribution in [0.25, 0.3) is 21.3 Å². The molecule has 0 spiro atoms. The number of hydrogen-bond acceptors (Lipinski definition) is 6. The highest BCUT2D eigenvalue weighted by molar-refractivity contribution is 7.23. The number of ketones is 1. The molecule has 1 aromatic carbocycles. The number of thiazole rings is 1. The molecule has 4 rings (SSSR count). The Bertz CT molecular complexity index is 1180. The van der Waals surface area contributed by atoms with Gasteiger partial charge in [0.15, 0.2) is 10.7 Å². The van der Waals surface area contributed by atoms with E-state index in [4.69, 9.17) is 10.5 Å². The lowest BCUT2D eigenvalue weighted by atomic mass is 10.0. The number of anilines is 1. The first-order valence-electron chi connectivity index (χ1n) is 7.48. The summed E-state index contributed by atoms with van der Waals surface area (Å²) in [7, 11) is 1.43. The monoisotopic (exact) mass is 351 g/mol. The van der Waals surface area contributed by atoms with Gasteiger partial charge in [0, 0.05) is 0 Å². The van der Waals surface area contributed by atoms with Crippen molar-refractivity contribution in [2.24, 2.45) is 0 Å². The number of fused-ring (bicyclic) bond motifs is 3. The number of ether oxygens (including phenoxy) is 1. The zero-order valence-corrected chi connectivity index (χ0v) is 14.0. The average Bonchev–Trinajstić information content (AvgIpc) is 2.98. The number of hydrogen-bond donors (Lipinski definition) is 1. The van der Waals surface area contributed by atoms with Crippen molar-refractivity contribution in [2.75, 3.05) is 12.8 Å². The van der Waals surface area contributed by atoms with Crippen molar-refractivity contribution in [3.05, 3.63) is 69.7 Å². The number of nitrogens with two attached hydrogens (primary N) is 1. The largest absolute Gasteiger partial charge is 0.493 e. The second-order valence-electron chi connectivity index (χ2n) is 5.46. The summed E-state index contributed by atoms with van der Waals surface area (Å²) in [6.07, 6.45) is 6.20. The van der Waals surface area contributed by atoms with E-state index in [1.807, 2.05) is 24.3 Å². The van der Waals surface area contributed by atoms with Crippen molar-refractivity contribution >= 4 is 44.2 Å². The van der Waals surface area contributed by atoms with Crippen LogP contribution in [0.2, 0.25) is 0 Å². The van der Waals surface area contributed by atoms with Crippen LogP contribution in [0.1, 0.15) is 5.56 Å². The van der Waals surface area contributed by atoms with Gasteiger partial charge in [-0.2, -0.15) is 4.98 Å². The second kappa shape index (κ2) is 5.71.